The third-order valence-electron chi connectivity index (χ3n) is 4.56. The minimum Gasteiger partial charge on any atom is -0.317 e. The molecule has 1 saturated carbocycles. The first-order valence-electron chi connectivity index (χ1n) is 8.03. The number of hydrogen-bond donors (Lipinski definition) is 3. The fraction of sp³-hybridized carbons (Fsp3) is 0.625. The van der Waals surface area contributed by atoms with Crippen molar-refractivity contribution < 1.29 is 8.42 Å². The predicted octanol–water partition coefficient (Wildman–Crippen LogP) is 1.50. The minimum atomic E-state index is -3.19. The molecule has 2 aliphatic rings. The maximum absolute atomic E-state index is 11.2. The molecule has 0 amide bonds. The molecule has 2 fully saturated rings. The van der Waals surface area contributed by atoms with E-state index >= 15 is 0 Å². The largest absolute Gasteiger partial charge is 0.317 e. The van der Waals surface area contributed by atoms with Gasteiger partial charge >= 0.3 is 0 Å². The van der Waals surface area contributed by atoms with Gasteiger partial charge in [0.2, 0.25) is 10.0 Å². The number of hydrogen-bond acceptors (Lipinski definition) is 4. The lowest BCUT2D eigenvalue weighted by Crippen LogP contribution is -2.34. The van der Waals surface area contributed by atoms with Crippen LogP contribution in [0.15, 0.2) is 24.3 Å². The molecule has 0 aromatic heterocycles. The predicted molar refractivity (Wildman–Crippen MR) is 89.7 cm³/mol. The maximum Gasteiger partial charge on any atom is 0.229 e. The number of nitrogens with one attached hydrogen (secondary N) is 3. The highest BCUT2D eigenvalue weighted by Gasteiger charge is 2.38. The Balaban J connectivity index is 1.47. The van der Waals surface area contributed by atoms with Gasteiger partial charge in [-0.25, -0.2) is 8.42 Å². The molecule has 1 aromatic carbocycles. The second-order valence-corrected chi connectivity index (χ2v) is 8.30. The fourth-order valence-corrected chi connectivity index (χ4v) is 3.77. The van der Waals surface area contributed by atoms with Crippen LogP contribution in [0.1, 0.15) is 30.7 Å². The van der Waals surface area contributed by atoms with Crippen molar-refractivity contribution in [1.82, 2.24) is 10.6 Å². The van der Waals surface area contributed by atoms with E-state index in [9.17, 15) is 8.42 Å². The van der Waals surface area contributed by atoms with Crippen LogP contribution < -0.4 is 15.4 Å². The van der Waals surface area contributed by atoms with Gasteiger partial charge in [-0.05, 0) is 62.5 Å². The number of benzene rings is 1. The first-order valence-corrected chi connectivity index (χ1v) is 9.92. The molecule has 6 heteroatoms. The van der Waals surface area contributed by atoms with E-state index in [1.54, 1.807) is 0 Å². The first-order chi connectivity index (χ1) is 10.5. The number of piperidine rings is 1. The summed E-state index contributed by atoms with van der Waals surface area (Å²) in [5, 5.41) is 7.09. The Kier molecular flexibility index (Phi) is 4.70. The van der Waals surface area contributed by atoms with Crippen LogP contribution in [0.2, 0.25) is 0 Å². The molecule has 0 bridgehead atoms. The molecule has 1 aliphatic heterocycles. The second kappa shape index (κ2) is 6.56. The Bertz CT molecular complexity index is 594. The van der Waals surface area contributed by atoms with Gasteiger partial charge in [-0.1, -0.05) is 12.1 Å². The zero-order valence-corrected chi connectivity index (χ0v) is 13.8. The van der Waals surface area contributed by atoms with Crippen molar-refractivity contribution in [2.45, 2.75) is 31.2 Å². The quantitative estimate of drug-likeness (QED) is 0.742. The molecule has 2 atom stereocenters. The molecule has 22 heavy (non-hydrogen) atoms. The van der Waals surface area contributed by atoms with Gasteiger partial charge in [-0.2, -0.15) is 0 Å². The second-order valence-electron chi connectivity index (χ2n) is 6.55. The van der Waals surface area contributed by atoms with Crippen molar-refractivity contribution >= 4 is 15.7 Å². The molecular formula is C16H25N3O2S. The fourth-order valence-electron chi connectivity index (χ4n) is 3.21. The van der Waals surface area contributed by atoms with Crippen LogP contribution in [0.3, 0.4) is 0 Å². The summed E-state index contributed by atoms with van der Waals surface area (Å²) < 4.78 is 24.9. The highest BCUT2D eigenvalue weighted by atomic mass is 32.2. The molecule has 122 valence electrons. The van der Waals surface area contributed by atoms with Crippen molar-refractivity contribution in [3.8, 4) is 0 Å². The Morgan fingerprint density at radius 3 is 2.50 bits per heavy atom. The summed E-state index contributed by atoms with van der Waals surface area (Å²) in [6, 6.07) is 8.34. The van der Waals surface area contributed by atoms with Crippen molar-refractivity contribution in [3.63, 3.8) is 0 Å². The molecule has 1 heterocycles. The summed E-state index contributed by atoms with van der Waals surface area (Å²) in [7, 11) is -3.19. The number of anilines is 1. The average Bonchev–Trinajstić information content (AvgIpc) is 3.25. The van der Waals surface area contributed by atoms with Crippen LogP contribution in [0.25, 0.3) is 0 Å². The molecule has 0 spiro atoms. The zero-order chi connectivity index (χ0) is 15.6. The van der Waals surface area contributed by atoms with Gasteiger partial charge in [0, 0.05) is 17.6 Å². The van der Waals surface area contributed by atoms with Crippen LogP contribution in [-0.4, -0.2) is 40.3 Å². The monoisotopic (exact) mass is 323 g/mol. The highest BCUT2D eigenvalue weighted by Crippen LogP contribution is 2.41. The minimum absolute atomic E-state index is 0.578. The van der Waals surface area contributed by atoms with Gasteiger partial charge in [-0.15, -0.1) is 0 Å². The Labute approximate surface area is 132 Å². The number of sulfonamides is 1. The van der Waals surface area contributed by atoms with E-state index in [-0.39, 0.29) is 0 Å². The van der Waals surface area contributed by atoms with Gasteiger partial charge in [0.15, 0.2) is 0 Å². The zero-order valence-electron chi connectivity index (χ0n) is 13.0. The van der Waals surface area contributed by atoms with Gasteiger partial charge in [0.05, 0.1) is 6.26 Å². The van der Waals surface area contributed by atoms with Crippen LogP contribution in [0, 0.1) is 5.92 Å². The van der Waals surface area contributed by atoms with E-state index < -0.39 is 10.0 Å². The Morgan fingerprint density at radius 1 is 1.18 bits per heavy atom. The van der Waals surface area contributed by atoms with Crippen molar-refractivity contribution in [2.75, 3.05) is 30.6 Å². The number of rotatable bonds is 6. The Morgan fingerprint density at radius 2 is 1.86 bits per heavy atom. The topological polar surface area (TPSA) is 70.2 Å². The lowest BCUT2D eigenvalue weighted by molar-refractivity contribution is 0.355. The van der Waals surface area contributed by atoms with Gasteiger partial charge < -0.3 is 10.6 Å². The lowest BCUT2D eigenvalue weighted by atomic mass is 9.98. The van der Waals surface area contributed by atoms with E-state index in [4.69, 9.17) is 0 Å². The third-order valence-corrected chi connectivity index (χ3v) is 5.17. The first kappa shape index (κ1) is 15.8. The molecule has 1 aliphatic carbocycles. The molecule has 1 saturated heterocycles. The van der Waals surface area contributed by atoms with E-state index in [2.05, 4.69) is 15.4 Å². The van der Waals surface area contributed by atoms with Crippen molar-refractivity contribution in [2.24, 2.45) is 5.92 Å². The van der Waals surface area contributed by atoms with Crippen molar-refractivity contribution in [1.29, 1.82) is 0 Å². The van der Waals surface area contributed by atoms with Gasteiger partial charge in [0.25, 0.3) is 0 Å². The smallest absolute Gasteiger partial charge is 0.229 e. The molecule has 5 nitrogen and oxygen atoms in total. The van der Waals surface area contributed by atoms with Crippen molar-refractivity contribution in [3.05, 3.63) is 29.8 Å². The van der Waals surface area contributed by atoms with Crippen LogP contribution in [0.4, 0.5) is 5.69 Å². The normalized spacial score (nSPS) is 25.9. The molecule has 3 rings (SSSR count). The highest BCUT2D eigenvalue weighted by molar-refractivity contribution is 7.92. The summed E-state index contributed by atoms with van der Waals surface area (Å²) in [5.74, 6) is 1.39. The van der Waals surface area contributed by atoms with Crippen LogP contribution >= 0.6 is 0 Å². The van der Waals surface area contributed by atoms with Crippen LogP contribution in [-0.2, 0) is 10.0 Å². The molecular weight excluding hydrogens is 298 g/mol. The molecule has 0 unspecified atom stereocenters. The van der Waals surface area contributed by atoms with E-state index in [0.29, 0.717) is 17.6 Å². The van der Waals surface area contributed by atoms with E-state index in [1.165, 1.54) is 31.1 Å². The SMILES string of the molecule is CS(=O)(=O)Nc1ccc([C@@H]2C[C@H]2NCC2CCNCC2)cc1. The summed E-state index contributed by atoms with van der Waals surface area (Å²) in [4.78, 5) is 0. The molecule has 1 aromatic rings. The summed E-state index contributed by atoms with van der Waals surface area (Å²) >= 11 is 0. The lowest BCUT2D eigenvalue weighted by Gasteiger charge is -2.22. The summed E-state index contributed by atoms with van der Waals surface area (Å²) in [6.07, 6.45) is 4.90. The summed E-state index contributed by atoms with van der Waals surface area (Å²) in [5.41, 5.74) is 1.92. The molecule has 3 N–H and O–H groups in total. The van der Waals surface area contributed by atoms with E-state index in [1.807, 2.05) is 24.3 Å². The molecule has 0 radical (unpaired) electrons. The third kappa shape index (κ3) is 4.44. The van der Waals surface area contributed by atoms with Gasteiger partial charge in [0.1, 0.15) is 0 Å². The maximum atomic E-state index is 11.2. The van der Waals surface area contributed by atoms with Gasteiger partial charge in [-0.3, -0.25) is 4.72 Å². The average molecular weight is 323 g/mol. The van der Waals surface area contributed by atoms with Crippen LogP contribution in [0.5, 0.6) is 0 Å². The Hall–Kier alpha value is -1.11. The standard InChI is InChI=1S/C16H25N3O2S/c1-22(20,21)19-14-4-2-13(3-5-14)15-10-16(15)18-11-12-6-8-17-9-7-12/h2-5,12,15-19H,6-11H2,1H3/t15-,16+/m0/s1. The summed E-state index contributed by atoms with van der Waals surface area (Å²) in [6.45, 7) is 3.42. The van der Waals surface area contributed by atoms with E-state index in [0.717, 1.165) is 25.6 Å².